The molecule has 2 rings (SSSR count). The molecule has 1 N–H and O–H groups in total. The van der Waals surface area contributed by atoms with Crippen LogP contribution in [0.25, 0.3) is 0 Å². The normalized spacial score (nSPS) is 15.4. The van der Waals surface area contributed by atoms with Gasteiger partial charge in [-0.3, -0.25) is 4.79 Å². The van der Waals surface area contributed by atoms with Crippen LogP contribution in [0.1, 0.15) is 25.7 Å². The van der Waals surface area contributed by atoms with E-state index in [9.17, 15) is 4.79 Å². The van der Waals surface area contributed by atoms with E-state index in [1.807, 2.05) is 24.3 Å². The van der Waals surface area contributed by atoms with E-state index in [1.165, 1.54) is 20.0 Å². The Morgan fingerprint density at radius 3 is 2.89 bits per heavy atom. The molecule has 1 aliphatic carbocycles. The van der Waals surface area contributed by atoms with E-state index in [0.717, 1.165) is 24.3 Å². The van der Waals surface area contributed by atoms with E-state index >= 15 is 0 Å². The Labute approximate surface area is 107 Å². The Balaban J connectivity index is 1.89. The van der Waals surface area contributed by atoms with E-state index in [1.54, 1.807) is 0 Å². The summed E-state index contributed by atoms with van der Waals surface area (Å²) in [5.41, 5.74) is 0.871. The summed E-state index contributed by atoms with van der Waals surface area (Å²) in [7, 11) is 1.38. The minimum absolute atomic E-state index is 0.170. The van der Waals surface area contributed by atoms with Crippen LogP contribution in [0.5, 0.6) is 5.75 Å². The molecule has 0 heterocycles. The Morgan fingerprint density at radius 2 is 2.17 bits per heavy atom. The summed E-state index contributed by atoms with van der Waals surface area (Å²) < 4.78 is 10.5. The molecule has 4 nitrogen and oxygen atoms in total. The predicted molar refractivity (Wildman–Crippen MR) is 69.8 cm³/mol. The van der Waals surface area contributed by atoms with Gasteiger partial charge in [0.25, 0.3) is 0 Å². The first-order valence-electron chi connectivity index (χ1n) is 6.35. The van der Waals surface area contributed by atoms with Gasteiger partial charge in [-0.05, 0) is 37.8 Å². The molecule has 0 atom stereocenters. The number of carbonyl (C=O) groups excluding carboxylic acids is 1. The standard InChI is InChI=1S/C14H19NO3/c1-17-14(16)10-15-11-5-4-8-13(9-11)18-12-6-2-3-7-12/h4-5,8-9,12,15H,2-3,6-7,10H2,1H3. The largest absolute Gasteiger partial charge is 0.490 e. The van der Waals surface area contributed by atoms with Gasteiger partial charge in [-0.2, -0.15) is 0 Å². The fourth-order valence-corrected chi connectivity index (χ4v) is 2.12. The van der Waals surface area contributed by atoms with E-state index < -0.39 is 0 Å². The summed E-state index contributed by atoms with van der Waals surface area (Å²) in [6.45, 7) is 0.170. The topological polar surface area (TPSA) is 47.6 Å². The van der Waals surface area contributed by atoms with Crippen LogP contribution in [0, 0.1) is 0 Å². The lowest BCUT2D eigenvalue weighted by Crippen LogP contribution is -2.15. The highest BCUT2D eigenvalue weighted by Gasteiger charge is 2.16. The van der Waals surface area contributed by atoms with Crippen molar-refractivity contribution in [2.24, 2.45) is 0 Å². The molecule has 0 aliphatic heterocycles. The number of benzene rings is 1. The molecule has 1 saturated carbocycles. The first kappa shape index (κ1) is 12.7. The second-order valence-electron chi connectivity index (χ2n) is 4.48. The lowest BCUT2D eigenvalue weighted by atomic mass is 10.2. The fourth-order valence-electron chi connectivity index (χ4n) is 2.12. The molecule has 0 radical (unpaired) electrons. The SMILES string of the molecule is COC(=O)CNc1cccc(OC2CCCC2)c1. The number of hydrogen-bond acceptors (Lipinski definition) is 4. The molecule has 1 aromatic rings. The van der Waals surface area contributed by atoms with Crippen LogP contribution in [-0.2, 0) is 9.53 Å². The molecule has 0 saturated heterocycles. The van der Waals surface area contributed by atoms with Gasteiger partial charge < -0.3 is 14.8 Å². The van der Waals surface area contributed by atoms with Gasteiger partial charge in [0.2, 0.25) is 0 Å². The van der Waals surface area contributed by atoms with Crippen molar-refractivity contribution in [2.45, 2.75) is 31.8 Å². The summed E-state index contributed by atoms with van der Waals surface area (Å²) in [6.07, 6.45) is 5.14. The summed E-state index contributed by atoms with van der Waals surface area (Å²) in [5, 5.41) is 3.01. The number of anilines is 1. The van der Waals surface area contributed by atoms with Gasteiger partial charge >= 0.3 is 5.97 Å². The van der Waals surface area contributed by atoms with Crippen LogP contribution < -0.4 is 10.1 Å². The molecule has 0 bridgehead atoms. The van der Waals surface area contributed by atoms with Gasteiger partial charge in [0.15, 0.2) is 0 Å². The van der Waals surface area contributed by atoms with Crippen LogP contribution in [0.2, 0.25) is 0 Å². The van der Waals surface area contributed by atoms with Crippen LogP contribution in [0.15, 0.2) is 24.3 Å². The maximum absolute atomic E-state index is 11.0. The molecule has 18 heavy (non-hydrogen) atoms. The molecular weight excluding hydrogens is 230 g/mol. The Bertz CT molecular complexity index is 400. The van der Waals surface area contributed by atoms with Gasteiger partial charge in [-0.25, -0.2) is 0 Å². The summed E-state index contributed by atoms with van der Waals surface area (Å²) in [6, 6.07) is 7.69. The molecule has 0 aromatic heterocycles. The average molecular weight is 249 g/mol. The monoisotopic (exact) mass is 249 g/mol. The highest BCUT2D eigenvalue weighted by atomic mass is 16.5. The minimum Gasteiger partial charge on any atom is -0.490 e. The maximum atomic E-state index is 11.0. The van der Waals surface area contributed by atoms with Crippen LogP contribution in [0.4, 0.5) is 5.69 Å². The first-order chi connectivity index (χ1) is 8.78. The number of esters is 1. The van der Waals surface area contributed by atoms with Crippen molar-refractivity contribution in [1.29, 1.82) is 0 Å². The zero-order chi connectivity index (χ0) is 12.8. The van der Waals surface area contributed by atoms with Crippen LogP contribution in [0.3, 0.4) is 0 Å². The van der Waals surface area contributed by atoms with Crippen molar-refractivity contribution in [2.75, 3.05) is 19.0 Å². The van der Waals surface area contributed by atoms with Gasteiger partial charge in [0, 0.05) is 11.8 Å². The lowest BCUT2D eigenvalue weighted by Gasteiger charge is -2.14. The molecule has 1 aliphatic rings. The number of hydrogen-bond donors (Lipinski definition) is 1. The van der Waals surface area contributed by atoms with Crippen LogP contribution in [-0.4, -0.2) is 25.7 Å². The molecule has 1 aromatic carbocycles. The second kappa shape index (κ2) is 6.28. The zero-order valence-electron chi connectivity index (χ0n) is 10.6. The Morgan fingerprint density at radius 1 is 1.39 bits per heavy atom. The maximum Gasteiger partial charge on any atom is 0.325 e. The molecule has 98 valence electrons. The number of nitrogens with one attached hydrogen (secondary N) is 1. The summed E-state index contributed by atoms with van der Waals surface area (Å²) >= 11 is 0. The highest BCUT2D eigenvalue weighted by Crippen LogP contribution is 2.25. The number of rotatable bonds is 5. The summed E-state index contributed by atoms with van der Waals surface area (Å²) in [4.78, 5) is 11.0. The lowest BCUT2D eigenvalue weighted by molar-refractivity contribution is -0.138. The molecular formula is C14H19NO3. The third-order valence-electron chi connectivity index (χ3n) is 3.10. The van der Waals surface area contributed by atoms with Crippen molar-refractivity contribution in [3.63, 3.8) is 0 Å². The molecule has 0 unspecified atom stereocenters. The predicted octanol–water partition coefficient (Wildman–Crippen LogP) is 2.59. The average Bonchev–Trinajstić information content (AvgIpc) is 2.89. The molecule has 0 amide bonds. The zero-order valence-corrected chi connectivity index (χ0v) is 10.6. The molecule has 4 heteroatoms. The molecule has 0 spiro atoms. The third-order valence-corrected chi connectivity index (χ3v) is 3.10. The van der Waals surface area contributed by atoms with Crippen molar-refractivity contribution in [3.05, 3.63) is 24.3 Å². The summed E-state index contributed by atoms with van der Waals surface area (Å²) in [5.74, 6) is 0.578. The number of methoxy groups -OCH3 is 1. The second-order valence-corrected chi connectivity index (χ2v) is 4.48. The number of ether oxygens (including phenoxy) is 2. The third kappa shape index (κ3) is 3.65. The smallest absolute Gasteiger partial charge is 0.325 e. The Hall–Kier alpha value is -1.71. The first-order valence-corrected chi connectivity index (χ1v) is 6.35. The fraction of sp³-hybridized carbons (Fsp3) is 0.500. The minimum atomic E-state index is -0.280. The van der Waals surface area contributed by atoms with Gasteiger partial charge in [-0.1, -0.05) is 6.07 Å². The Kier molecular flexibility index (Phi) is 4.45. The van der Waals surface area contributed by atoms with Crippen molar-refractivity contribution < 1.29 is 14.3 Å². The van der Waals surface area contributed by atoms with Gasteiger partial charge in [-0.15, -0.1) is 0 Å². The number of carbonyl (C=O) groups is 1. The van der Waals surface area contributed by atoms with Gasteiger partial charge in [0.1, 0.15) is 12.3 Å². The quantitative estimate of drug-likeness (QED) is 0.815. The van der Waals surface area contributed by atoms with E-state index in [-0.39, 0.29) is 12.5 Å². The van der Waals surface area contributed by atoms with Crippen molar-refractivity contribution in [3.8, 4) is 5.75 Å². The highest BCUT2D eigenvalue weighted by molar-refractivity contribution is 5.74. The van der Waals surface area contributed by atoms with Crippen molar-refractivity contribution in [1.82, 2.24) is 0 Å². The molecule has 1 fully saturated rings. The van der Waals surface area contributed by atoms with E-state index in [2.05, 4.69) is 10.1 Å². The van der Waals surface area contributed by atoms with E-state index in [4.69, 9.17) is 4.74 Å². The van der Waals surface area contributed by atoms with Crippen molar-refractivity contribution >= 4 is 11.7 Å². The van der Waals surface area contributed by atoms with Crippen LogP contribution >= 0.6 is 0 Å². The van der Waals surface area contributed by atoms with Gasteiger partial charge in [0.05, 0.1) is 13.2 Å². The van der Waals surface area contributed by atoms with E-state index in [0.29, 0.717) is 6.10 Å².